The molecule has 0 aliphatic heterocycles. The van der Waals surface area contributed by atoms with E-state index < -0.39 is 17.5 Å². The number of nitrogens with zero attached hydrogens (tertiary/aromatic N) is 1. The summed E-state index contributed by atoms with van der Waals surface area (Å²) >= 11 is 6.05. The van der Waals surface area contributed by atoms with Crippen molar-refractivity contribution in [2.24, 2.45) is 5.92 Å². The van der Waals surface area contributed by atoms with Crippen LogP contribution in [0.1, 0.15) is 30.0 Å². The van der Waals surface area contributed by atoms with Gasteiger partial charge in [-0.2, -0.15) is 0 Å². The number of carboxylic acids is 2. The van der Waals surface area contributed by atoms with Crippen LogP contribution in [-0.2, 0) is 9.59 Å². The zero-order chi connectivity index (χ0) is 14.9. The Morgan fingerprint density at radius 1 is 1.40 bits per heavy atom. The molecule has 1 aromatic rings. The summed E-state index contributed by atoms with van der Waals surface area (Å²) in [6.45, 7) is 1.80. The first-order chi connectivity index (χ1) is 9.41. The number of aromatic nitrogens is 1. The summed E-state index contributed by atoms with van der Waals surface area (Å²) in [6, 6.07) is 1.66. The Balaban J connectivity index is 2.47. The molecule has 5 nitrogen and oxygen atoms in total. The first kappa shape index (κ1) is 14.5. The fourth-order valence-corrected chi connectivity index (χ4v) is 2.32. The van der Waals surface area contributed by atoms with Crippen molar-refractivity contribution in [1.29, 1.82) is 0 Å². The predicted octanol–water partition coefficient (Wildman–Crippen LogP) is 2.63. The SMILES string of the molecule is Cc1c(Cl)ccnc1C(C=C(C(=O)O)C(=O)O)C1CC1. The molecule has 2 rings (SSSR count). The molecule has 6 heteroatoms. The van der Waals surface area contributed by atoms with Crippen LogP contribution in [-0.4, -0.2) is 27.1 Å². The van der Waals surface area contributed by atoms with Gasteiger partial charge in [0.05, 0.1) is 5.69 Å². The van der Waals surface area contributed by atoms with E-state index in [1.54, 1.807) is 19.2 Å². The van der Waals surface area contributed by atoms with Crippen molar-refractivity contribution < 1.29 is 19.8 Å². The molecule has 1 fully saturated rings. The summed E-state index contributed by atoms with van der Waals surface area (Å²) in [4.78, 5) is 26.3. The summed E-state index contributed by atoms with van der Waals surface area (Å²) in [5, 5.41) is 18.5. The Kier molecular flexibility index (Phi) is 4.09. The molecule has 0 radical (unpaired) electrons. The van der Waals surface area contributed by atoms with E-state index in [-0.39, 0.29) is 11.8 Å². The van der Waals surface area contributed by atoms with Crippen molar-refractivity contribution in [3.05, 3.63) is 40.2 Å². The number of hydrogen-bond acceptors (Lipinski definition) is 3. The lowest BCUT2D eigenvalue weighted by Crippen LogP contribution is -2.14. The molecule has 1 atom stereocenters. The molecule has 0 aromatic carbocycles. The Hall–Kier alpha value is -1.88. The molecular weight excluding hydrogens is 282 g/mol. The molecular formula is C14H14ClNO4. The van der Waals surface area contributed by atoms with Gasteiger partial charge in [-0.3, -0.25) is 4.98 Å². The summed E-state index contributed by atoms with van der Waals surface area (Å²) in [5.74, 6) is -2.98. The molecule has 0 spiro atoms. The number of carbonyl (C=O) groups is 2. The molecule has 1 aliphatic rings. The molecule has 0 bridgehead atoms. The van der Waals surface area contributed by atoms with Crippen LogP contribution in [0.5, 0.6) is 0 Å². The number of halogens is 1. The molecule has 1 aliphatic carbocycles. The lowest BCUT2D eigenvalue weighted by molar-refractivity contribution is -0.140. The molecule has 0 amide bonds. The highest BCUT2D eigenvalue weighted by Crippen LogP contribution is 2.44. The maximum absolute atomic E-state index is 11.0. The van der Waals surface area contributed by atoms with Gasteiger partial charge in [0.15, 0.2) is 0 Å². The first-order valence-electron chi connectivity index (χ1n) is 6.21. The largest absolute Gasteiger partial charge is 0.477 e. The van der Waals surface area contributed by atoms with Gasteiger partial charge in [-0.25, -0.2) is 9.59 Å². The molecule has 1 aromatic heterocycles. The van der Waals surface area contributed by atoms with Crippen molar-refractivity contribution in [1.82, 2.24) is 4.98 Å². The third-order valence-electron chi connectivity index (χ3n) is 3.43. The van der Waals surface area contributed by atoms with Gasteiger partial charge < -0.3 is 10.2 Å². The van der Waals surface area contributed by atoms with Crippen LogP contribution < -0.4 is 0 Å². The standard InChI is InChI=1S/C14H14ClNO4/c1-7-11(15)4-5-16-12(7)9(8-2-3-8)6-10(13(17)18)14(19)20/h4-6,8-9H,2-3H2,1H3,(H,17,18)(H,19,20). The van der Waals surface area contributed by atoms with E-state index in [2.05, 4.69) is 4.98 Å². The fourth-order valence-electron chi connectivity index (χ4n) is 2.17. The van der Waals surface area contributed by atoms with Crippen LogP contribution >= 0.6 is 11.6 Å². The minimum absolute atomic E-state index is 0.230. The number of rotatable bonds is 5. The lowest BCUT2D eigenvalue weighted by atomic mass is 9.93. The predicted molar refractivity (Wildman–Crippen MR) is 72.8 cm³/mol. The summed E-state index contributed by atoms with van der Waals surface area (Å²) in [6.07, 6.45) is 4.70. The normalized spacial score (nSPS) is 15.5. The topological polar surface area (TPSA) is 87.5 Å². The minimum atomic E-state index is -1.44. The van der Waals surface area contributed by atoms with Gasteiger partial charge in [-0.15, -0.1) is 0 Å². The highest BCUT2D eigenvalue weighted by Gasteiger charge is 2.34. The third-order valence-corrected chi connectivity index (χ3v) is 3.84. The number of pyridine rings is 1. The van der Waals surface area contributed by atoms with Crippen molar-refractivity contribution in [3.8, 4) is 0 Å². The third kappa shape index (κ3) is 2.99. The van der Waals surface area contributed by atoms with E-state index in [0.29, 0.717) is 10.7 Å². The number of carboxylic acid groups (broad SMARTS) is 2. The van der Waals surface area contributed by atoms with Gasteiger partial charge in [-0.05, 0) is 37.3 Å². The molecule has 2 N–H and O–H groups in total. The smallest absolute Gasteiger partial charge is 0.342 e. The Bertz CT molecular complexity index is 577. The Labute approximate surface area is 120 Å². The van der Waals surface area contributed by atoms with E-state index in [9.17, 15) is 9.59 Å². The van der Waals surface area contributed by atoms with Gasteiger partial charge in [0, 0.05) is 17.1 Å². The quantitative estimate of drug-likeness (QED) is 0.495. The van der Waals surface area contributed by atoms with E-state index in [1.165, 1.54) is 6.08 Å². The molecule has 1 heterocycles. The van der Waals surface area contributed by atoms with Crippen LogP contribution in [0, 0.1) is 12.8 Å². The number of allylic oxidation sites excluding steroid dienone is 1. The molecule has 1 saturated carbocycles. The molecule has 0 saturated heterocycles. The summed E-state index contributed by atoms with van der Waals surface area (Å²) in [5.41, 5.74) is 0.792. The van der Waals surface area contributed by atoms with Crippen molar-refractivity contribution in [2.45, 2.75) is 25.7 Å². The van der Waals surface area contributed by atoms with Crippen molar-refractivity contribution >= 4 is 23.5 Å². The van der Waals surface area contributed by atoms with Crippen LogP contribution in [0.4, 0.5) is 0 Å². The first-order valence-corrected chi connectivity index (χ1v) is 6.59. The average molecular weight is 296 g/mol. The van der Waals surface area contributed by atoms with Crippen LogP contribution in [0.3, 0.4) is 0 Å². The van der Waals surface area contributed by atoms with E-state index in [1.807, 2.05) is 0 Å². The zero-order valence-corrected chi connectivity index (χ0v) is 11.6. The highest BCUT2D eigenvalue weighted by atomic mass is 35.5. The Morgan fingerprint density at radius 3 is 2.50 bits per heavy atom. The van der Waals surface area contributed by atoms with Gasteiger partial charge in [0.25, 0.3) is 0 Å². The van der Waals surface area contributed by atoms with Gasteiger partial charge >= 0.3 is 11.9 Å². The van der Waals surface area contributed by atoms with E-state index in [4.69, 9.17) is 21.8 Å². The van der Waals surface area contributed by atoms with Crippen molar-refractivity contribution in [2.75, 3.05) is 0 Å². The van der Waals surface area contributed by atoms with Crippen LogP contribution in [0.25, 0.3) is 0 Å². The maximum atomic E-state index is 11.0. The zero-order valence-electron chi connectivity index (χ0n) is 10.8. The molecule has 1 unspecified atom stereocenters. The number of hydrogen-bond donors (Lipinski definition) is 2. The minimum Gasteiger partial charge on any atom is -0.477 e. The van der Waals surface area contributed by atoms with E-state index in [0.717, 1.165) is 18.4 Å². The second kappa shape index (κ2) is 5.63. The van der Waals surface area contributed by atoms with Gasteiger partial charge in [-0.1, -0.05) is 17.7 Å². The van der Waals surface area contributed by atoms with Crippen LogP contribution in [0.2, 0.25) is 5.02 Å². The highest BCUT2D eigenvalue weighted by molar-refractivity contribution is 6.31. The monoisotopic (exact) mass is 295 g/mol. The molecule has 106 valence electrons. The summed E-state index contributed by atoms with van der Waals surface area (Å²) in [7, 11) is 0. The second-order valence-electron chi connectivity index (χ2n) is 4.86. The summed E-state index contributed by atoms with van der Waals surface area (Å²) < 4.78 is 0. The van der Waals surface area contributed by atoms with Crippen molar-refractivity contribution in [3.63, 3.8) is 0 Å². The van der Waals surface area contributed by atoms with Gasteiger partial charge in [0.1, 0.15) is 5.57 Å². The van der Waals surface area contributed by atoms with E-state index >= 15 is 0 Å². The van der Waals surface area contributed by atoms with Gasteiger partial charge in [0.2, 0.25) is 0 Å². The average Bonchev–Trinajstić information content (AvgIpc) is 3.18. The lowest BCUT2D eigenvalue weighted by Gasteiger charge is -2.15. The molecule has 20 heavy (non-hydrogen) atoms. The maximum Gasteiger partial charge on any atom is 0.342 e. The van der Waals surface area contributed by atoms with Crippen LogP contribution in [0.15, 0.2) is 23.9 Å². The fraction of sp³-hybridized carbons (Fsp3) is 0.357. The number of aliphatic carboxylic acids is 2. The Morgan fingerprint density at radius 2 is 2.00 bits per heavy atom. The second-order valence-corrected chi connectivity index (χ2v) is 5.26.